The van der Waals surface area contributed by atoms with E-state index in [-0.39, 0.29) is 11.7 Å². The second-order valence-electron chi connectivity index (χ2n) is 6.48. The third-order valence-corrected chi connectivity index (χ3v) is 4.97. The van der Waals surface area contributed by atoms with E-state index in [4.69, 9.17) is 4.42 Å². The van der Waals surface area contributed by atoms with Crippen LogP contribution in [0.25, 0.3) is 11.1 Å². The summed E-state index contributed by atoms with van der Waals surface area (Å²) in [6.07, 6.45) is 3.38. The van der Waals surface area contributed by atoms with Crippen LogP contribution in [0.4, 0.5) is 10.1 Å². The third kappa shape index (κ3) is 2.73. The van der Waals surface area contributed by atoms with Crippen molar-refractivity contribution in [3.63, 3.8) is 0 Å². The monoisotopic (exact) mass is 340 g/mol. The summed E-state index contributed by atoms with van der Waals surface area (Å²) in [7, 11) is 0. The highest BCUT2D eigenvalue weighted by atomic mass is 19.1. The summed E-state index contributed by atoms with van der Waals surface area (Å²) in [5, 5.41) is 2.94. The first-order valence-electron chi connectivity index (χ1n) is 8.27. The maximum absolute atomic E-state index is 13.3. The first-order chi connectivity index (χ1) is 12.1. The van der Waals surface area contributed by atoms with E-state index < -0.39 is 11.2 Å². The lowest BCUT2D eigenvalue weighted by atomic mass is 9.78. The van der Waals surface area contributed by atoms with Gasteiger partial charge in [-0.3, -0.25) is 9.78 Å². The number of anilines is 1. The molecule has 4 rings (SSSR count). The fraction of sp³-hybridized carbons (Fsp3) is 0.263. The van der Waals surface area contributed by atoms with Crippen molar-refractivity contribution < 1.29 is 13.6 Å². The van der Waals surface area contributed by atoms with Gasteiger partial charge in [0.05, 0.1) is 10.9 Å². The molecule has 25 heavy (non-hydrogen) atoms. The van der Waals surface area contributed by atoms with Gasteiger partial charge in [-0.2, -0.15) is 0 Å². The van der Waals surface area contributed by atoms with E-state index in [1.807, 2.05) is 0 Å². The summed E-state index contributed by atoms with van der Waals surface area (Å²) < 4.78 is 18.2. The molecule has 5 nitrogen and oxygen atoms in total. The molecule has 1 saturated carbocycles. The van der Waals surface area contributed by atoms with Gasteiger partial charge in [0.15, 0.2) is 5.58 Å². The molecule has 0 unspecified atom stereocenters. The highest BCUT2D eigenvalue weighted by Crippen LogP contribution is 2.42. The van der Waals surface area contributed by atoms with Crippen LogP contribution in [-0.2, 0) is 10.2 Å². The van der Waals surface area contributed by atoms with Gasteiger partial charge in [0, 0.05) is 5.69 Å². The van der Waals surface area contributed by atoms with Gasteiger partial charge in [0.2, 0.25) is 5.91 Å². The molecule has 3 aromatic rings. The number of benzene rings is 2. The van der Waals surface area contributed by atoms with Gasteiger partial charge in [-0.1, -0.05) is 25.0 Å². The minimum absolute atomic E-state index is 0.109. The lowest BCUT2D eigenvalue weighted by Crippen LogP contribution is -2.38. The highest BCUT2D eigenvalue weighted by Gasteiger charge is 2.42. The van der Waals surface area contributed by atoms with Crippen molar-refractivity contribution in [1.29, 1.82) is 0 Å². The van der Waals surface area contributed by atoms with Crippen molar-refractivity contribution >= 4 is 22.7 Å². The first kappa shape index (κ1) is 15.6. The highest BCUT2D eigenvalue weighted by molar-refractivity contribution is 6.00. The van der Waals surface area contributed by atoms with Crippen molar-refractivity contribution in [2.45, 2.75) is 31.1 Å². The SMILES string of the molecule is O=C(Nc1ccc2oc(=O)[nH]c2c1)C1(c2ccc(F)cc2)CCCC1. The topological polar surface area (TPSA) is 75.1 Å². The van der Waals surface area contributed by atoms with Crippen molar-refractivity contribution in [1.82, 2.24) is 4.98 Å². The van der Waals surface area contributed by atoms with Crippen LogP contribution in [-0.4, -0.2) is 10.9 Å². The van der Waals surface area contributed by atoms with Gasteiger partial charge < -0.3 is 9.73 Å². The number of aromatic nitrogens is 1. The van der Waals surface area contributed by atoms with Crippen LogP contribution in [0, 0.1) is 5.82 Å². The second kappa shape index (κ2) is 5.88. The second-order valence-corrected chi connectivity index (χ2v) is 6.48. The molecule has 0 saturated heterocycles. The van der Waals surface area contributed by atoms with Crippen LogP contribution < -0.4 is 11.1 Å². The lowest BCUT2D eigenvalue weighted by Gasteiger charge is -2.28. The Morgan fingerprint density at radius 2 is 1.84 bits per heavy atom. The van der Waals surface area contributed by atoms with Crippen molar-refractivity contribution in [2.75, 3.05) is 5.32 Å². The van der Waals surface area contributed by atoms with Crippen LogP contribution in [0.3, 0.4) is 0 Å². The molecule has 1 fully saturated rings. The molecule has 0 radical (unpaired) electrons. The fourth-order valence-corrected chi connectivity index (χ4v) is 3.67. The number of hydrogen-bond acceptors (Lipinski definition) is 3. The van der Waals surface area contributed by atoms with Crippen LogP contribution in [0.2, 0.25) is 0 Å². The zero-order valence-electron chi connectivity index (χ0n) is 13.5. The smallest absolute Gasteiger partial charge is 0.408 e. The van der Waals surface area contributed by atoms with Gasteiger partial charge in [0.1, 0.15) is 5.82 Å². The van der Waals surface area contributed by atoms with Gasteiger partial charge in [-0.15, -0.1) is 0 Å². The van der Waals surface area contributed by atoms with Gasteiger partial charge in [0.25, 0.3) is 0 Å². The standard InChI is InChI=1S/C19H17FN2O3/c20-13-5-3-12(4-6-13)19(9-1-2-10-19)17(23)21-14-7-8-16-15(11-14)22-18(24)25-16/h3-8,11H,1-2,9-10H2,(H,21,23)(H,22,24). The molecule has 0 aliphatic heterocycles. The number of amides is 1. The Labute approximate surface area is 142 Å². The quantitative estimate of drug-likeness (QED) is 0.763. The lowest BCUT2D eigenvalue weighted by molar-refractivity contribution is -0.121. The maximum Gasteiger partial charge on any atom is 0.417 e. The molecule has 2 N–H and O–H groups in total. The number of halogens is 1. The summed E-state index contributed by atoms with van der Waals surface area (Å²) in [5.41, 5.74) is 1.75. The molecule has 2 aromatic carbocycles. The number of carbonyl (C=O) groups is 1. The number of hydrogen-bond donors (Lipinski definition) is 2. The summed E-state index contributed by atoms with van der Waals surface area (Å²) >= 11 is 0. The Morgan fingerprint density at radius 3 is 2.56 bits per heavy atom. The molecule has 1 amide bonds. The normalized spacial score (nSPS) is 16.2. The predicted octanol–water partition coefficient (Wildman–Crippen LogP) is 3.71. The van der Waals surface area contributed by atoms with Gasteiger partial charge in [-0.05, 0) is 48.7 Å². The van der Waals surface area contributed by atoms with E-state index in [1.54, 1.807) is 30.3 Å². The van der Waals surface area contributed by atoms with Crippen molar-refractivity contribution in [3.8, 4) is 0 Å². The molecule has 1 aliphatic carbocycles. The zero-order chi connectivity index (χ0) is 17.4. The Morgan fingerprint density at radius 1 is 1.12 bits per heavy atom. The molecular formula is C19H17FN2O3. The molecule has 0 spiro atoms. The van der Waals surface area contributed by atoms with Crippen LogP contribution in [0.15, 0.2) is 51.7 Å². The molecule has 128 valence electrons. The molecule has 1 aromatic heterocycles. The van der Waals surface area contributed by atoms with E-state index >= 15 is 0 Å². The Bertz CT molecular complexity index is 982. The van der Waals surface area contributed by atoms with Crippen LogP contribution in [0.5, 0.6) is 0 Å². The molecule has 0 atom stereocenters. The van der Waals surface area contributed by atoms with E-state index in [1.165, 1.54) is 12.1 Å². The zero-order valence-corrected chi connectivity index (χ0v) is 13.5. The molecule has 1 heterocycles. The summed E-state index contributed by atoms with van der Waals surface area (Å²) in [4.78, 5) is 26.9. The number of carbonyl (C=O) groups excluding carboxylic acids is 1. The molecule has 1 aliphatic rings. The first-order valence-corrected chi connectivity index (χ1v) is 8.27. The van der Waals surface area contributed by atoms with E-state index in [0.29, 0.717) is 16.8 Å². The minimum atomic E-state index is -0.646. The number of fused-ring (bicyclic) bond motifs is 1. The number of aromatic amines is 1. The van der Waals surface area contributed by atoms with E-state index in [0.717, 1.165) is 31.2 Å². The average Bonchev–Trinajstić information content (AvgIpc) is 3.21. The fourth-order valence-electron chi connectivity index (χ4n) is 3.67. The molecule has 0 bridgehead atoms. The average molecular weight is 340 g/mol. The number of rotatable bonds is 3. The number of oxazole rings is 1. The predicted molar refractivity (Wildman–Crippen MR) is 92.0 cm³/mol. The summed E-state index contributed by atoms with van der Waals surface area (Å²) in [5.74, 6) is -0.953. The Hall–Kier alpha value is -2.89. The Balaban J connectivity index is 1.66. The van der Waals surface area contributed by atoms with Gasteiger partial charge >= 0.3 is 5.76 Å². The van der Waals surface area contributed by atoms with Crippen molar-refractivity contribution in [2.24, 2.45) is 0 Å². The largest absolute Gasteiger partial charge is 0.417 e. The molecular weight excluding hydrogens is 323 g/mol. The molecule has 6 heteroatoms. The minimum Gasteiger partial charge on any atom is -0.408 e. The van der Waals surface area contributed by atoms with Gasteiger partial charge in [-0.25, -0.2) is 9.18 Å². The number of H-pyrrole nitrogens is 1. The van der Waals surface area contributed by atoms with Crippen molar-refractivity contribution in [3.05, 3.63) is 64.4 Å². The maximum atomic E-state index is 13.3. The summed E-state index contributed by atoms with van der Waals surface area (Å²) in [6.45, 7) is 0. The summed E-state index contributed by atoms with van der Waals surface area (Å²) in [6, 6.07) is 11.2. The van der Waals surface area contributed by atoms with Crippen LogP contribution in [0.1, 0.15) is 31.2 Å². The third-order valence-electron chi connectivity index (χ3n) is 4.97. The van der Waals surface area contributed by atoms with E-state index in [9.17, 15) is 14.0 Å². The number of nitrogens with one attached hydrogen (secondary N) is 2. The Kier molecular flexibility index (Phi) is 3.67. The van der Waals surface area contributed by atoms with Crippen LogP contribution >= 0.6 is 0 Å². The van der Waals surface area contributed by atoms with E-state index in [2.05, 4.69) is 10.3 Å².